The number of nitrogens with zero attached hydrogens (tertiary/aromatic N) is 4. The van der Waals surface area contributed by atoms with Gasteiger partial charge < -0.3 is 9.84 Å². The molecule has 0 atom stereocenters. The van der Waals surface area contributed by atoms with Crippen LogP contribution in [0.4, 0.5) is 0 Å². The van der Waals surface area contributed by atoms with Crippen molar-refractivity contribution in [1.29, 1.82) is 0 Å². The molecule has 6 rings (SSSR count). The van der Waals surface area contributed by atoms with E-state index in [-0.39, 0.29) is 6.42 Å². The third kappa shape index (κ3) is 10.7. The van der Waals surface area contributed by atoms with Crippen molar-refractivity contribution >= 4 is 41.5 Å². The maximum Gasteiger partial charge on any atom is 0.307 e. The van der Waals surface area contributed by atoms with Crippen LogP contribution >= 0.6 is 35.5 Å². The minimum atomic E-state index is -0.824. The maximum atomic E-state index is 11.9. The SMILES string of the molecule is Cc1ccc(SN2CCN(Cc3cc(CC(=O)O)cc(CN4CCN(Sc5ccc(C)cc5)CC4)c3OCc3ccc(Cl)cc3)CC2)cc1. The highest BCUT2D eigenvalue weighted by Crippen LogP contribution is 2.33. The maximum absolute atomic E-state index is 11.9. The first-order chi connectivity index (χ1) is 23.8. The highest BCUT2D eigenvalue weighted by Gasteiger charge is 2.24. The number of carbonyl (C=O) groups is 1. The number of piperazine rings is 2. The van der Waals surface area contributed by atoms with Gasteiger partial charge in [0.2, 0.25) is 0 Å². The molecule has 10 heteroatoms. The normalized spacial score (nSPS) is 16.6. The fourth-order valence-corrected chi connectivity index (χ4v) is 8.13. The molecule has 2 fully saturated rings. The zero-order chi connectivity index (χ0) is 34.2. The number of halogens is 1. The monoisotopic (exact) mass is 716 g/mol. The highest BCUT2D eigenvalue weighted by atomic mass is 35.5. The average Bonchev–Trinajstić information content (AvgIpc) is 3.09. The van der Waals surface area contributed by atoms with Gasteiger partial charge in [-0.05, 0) is 85.3 Å². The molecule has 0 unspecified atom stereocenters. The molecule has 7 nitrogen and oxygen atoms in total. The fourth-order valence-electron chi connectivity index (χ4n) is 6.20. The Morgan fingerprint density at radius 1 is 0.673 bits per heavy atom. The van der Waals surface area contributed by atoms with Crippen LogP contribution in [0.1, 0.15) is 33.4 Å². The van der Waals surface area contributed by atoms with Crippen molar-refractivity contribution in [2.24, 2.45) is 0 Å². The van der Waals surface area contributed by atoms with Crippen LogP contribution in [-0.2, 0) is 30.9 Å². The van der Waals surface area contributed by atoms with Gasteiger partial charge >= 0.3 is 5.97 Å². The second kappa shape index (κ2) is 17.3. The summed E-state index contributed by atoms with van der Waals surface area (Å²) in [5, 5.41) is 10.5. The van der Waals surface area contributed by atoms with Crippen molar-refractivity contribution in [3.63, 3.8) is 0 Å². The molecule has 0 aliphatic carbocycles. The summed E-state index contributed by atoms with van der Waals surface area (Å²) in [7, 11) is 0. The number of ether oxygens (including phenoxy) is 1. The second-order valence-electron chi connectivity index (χ2n) is 12.9. The molecule has 0 aromatic heterocycles. The summed E-state index contributed by atoms with van der Waals surface area (Å²) in [6.45, 7) is 13.6. The Kier molecular flexibility index (Phi) is 12.6. The lowest BCUT2D eigenvalue weighted by Gasteiger charge is -2.35. The molecule has 0 spiro atoms. The second-order valence-corrected chi connectivity index (χ2v) is 15.7. The first-order valence-electron chi connectivity index (χ1n) is 16.9. The Hall–Kier alpha value is -3.02. The van der Waals surface area contributed by atoms with Gasteiger partial charge in [-0.1, -0.05) is 71.3 Å². The Balaban J connectivity index is 1.18. The summed E-state index contributed by atoms with van der Waals surface area (Å²) < 4.78 is 11.5. The van der Waals surface area contributed by atoms with Gasteiger partial charge in [0, 0.05) is 91.4 Å². The van der Waals surface area contributed by atoms with E-state index in [1.165, 1.54) is 20.9 Å². The van der Waals surface area contributed by atoms with Gasteiger partial charge in [-0.25, -0.2) is 8.61 Å². The van der Waals surface area contributed by atoms with Crippen LogP contribution in [-0.4, -0.2) is 81.8 Å². The summed E-state index contributed by atoms with van der Waals surface area (Å²) >= 11 is 9.81. The van der Waals surface area contributed by atoms with E-state index in [9.17, 15) is 9.90 Å². The molecule has 2 aliphatic rings. The summed E-state index contributed by atoms with van der Waals surface area (Å²) in [4.78, 5) is 19.4. The minimum Gasteiger partial charge on any atom is -0.488 e. The van der Waals surface area contributed by atoms with Crippen molar-refractivity contribution in [3.8, 4) is 5.75 Å². The summed E-state index contributed by atoms with van der Waals surface area (Å²) in [5.74, 6) is 0.0484. The number of hydrogen-bond acceptors (Lipinski definition) is 8. The van der Waals surface area contributed by atoms with Crippen molar-refractivity contribution in [1.82, 2.24) is 18.4 Å². The molecule has 258 valence electrons. The highest BCUT2D eigenvalue weighted by molar-refractivity contribution is 7.97. The number of hydrogen-bond donors (Lipinski definition) is 1. The fraction of sp³-hybridized carbons (Fsp3) is 0.359. The van der Waals surface area contributed by atoms with Crippen LogP contribution in [0.3, 0.4) is 0 Å². The number of aryl methyl sites for hydroxylation is 2. The van der Waals surface area contributed by atoms with Crippen molar-refractivity contribution < 1.29 is 14.6 Å². The van der Waals surface area contributed by atoms with Crippen molar-refractivity contribution in [3.05, 3.63) is 123 Å². The molecule has 4 aromatic carbocycles. The largest absolute Gasteiger partial charge is 0.488 e. The van der Waals surface area contributed by atoms with Crippen LogP contribution in [0.15, 0.2) is 94.7 Å². The molecule has 0 saturated carbocycles. The molecular weight excluding hydrogens is 672 g/mol. The zero-order valence-corrected chi connectivity index (χ0v) is 30.7. The third-order valence-corrected chi connectivity index (χ3v) is 11.4. The Morgan fingerprint density at radius 3 is 1.55 bits per heavy atom. The molecule has 49 heavy (non-hydrogen) atoms. The van der Waals surface area contributed by atoms with Crippen LogP contribution in [0.2, 0.25) is 5.02 Å². The van der Waals surface area contributed by atoms with Crippen LogP contribution in [0.5, 0.6) is 5.75 Å². The van der Waals surface area contributed by atoms with E-state index >= 15 is 0 Å². The van der Waals surface area contributed by atoms with E-state index in [0.717, 1.165) is 80.4 Å². The standard InChI is InChI=1S/C39H45ClN4O3S2/c1-29-3-11-36(12-4-29)48-43-19-15-41(16-20-43)26-33-23-32(25-38(45)46)24-34(39(33)47-28-31-7-9-35(40)10-8-31)27-42-17-21-44(22-18-42)49-37-13-5-30(2)6-14-37/h3-14,23-24H,15-22,25-28H2,1-2H3,(H,45,46). The van der Waals surface area contributed by atoms with E-state index in [0.29, 0.717) is 24.7 Å². The number of aliphatic carboxylic acids is 1. The number of benzene rings is 4. The van der Waals surface area contributed by atoms with Gasteiger partial charge in [0.05, 0.1) is 6.42 Å². The number of carboxylic acids is 1. The predicted octanol–water partition coefficient (Wildman–Crippen LogP) is 7.81. The number of rotatable bonds is 13. The van der Waals surface area contributed by atoms with Gasteiger partial charge in [0.25, 0.3) is 0 Å². The Morgan fingerprint density at radius 2 is 1.12 bits per heavy atom. The lowest BCUT2D eigenvalue weighted by atomic mass is 10.00. The van der Waals surface area contributed by atoms with Crippen molar-refractivity contribution in [2.75, 3.05) is 52.4 Å². The average molecular weight is 717 g/mol. The molecule has 2 saturated heterocycles. The van der Waals surface area contributed by atoms with Crippen LogP contribution in [0, 0.1) is 13.8 Å². The molecule has 0 amide bonds. The Bertz CT molecular complexity index is 1580. The molecule has 4 aromatic rings. The molecule has 0 bridgehead atoms. The smallest absolute Gasteiger partial charge is 0.307 e. The molecule has 0 radical (unpaired) electrons. The van der Waals surface area contributed by atoms with E-state index in [1.54, 1.807) is 0 Å². The van der Waals surface area contributed by atoms with Gasteiger partial charge in [-0.3, -0.25) is 14.6 Å². The Labute approximate surface area is 304 Å². The van der Waals surface area contributed by atoms with E-state index in [2.05, 4.69) is 92.9 Å². The van der Waals surface area contributed by atoms with Crippen LogP contribution in [0.25, 0.3) is 0 Å². The van der Waals surface area contributed by atoms with Crippen LogP contribution < -0.4 is 4.74 Å². The molecule has 2 aliphatic heterocycles. The molecular formula is C39H45ClN4O3S2. The van der Waals surface area contributed by atoms with Gasteiger partial charge in [0.1, 0.15) is 12.4 Å². The quantitative estimate of drug-likeness (QED) is 0.140. The first kappa shape index (κ1) is 35.8. The molecule has 1 N–H and O–H groups in total. The zero-order valence-electron chi connectivity index (χ0n) is 28.3. The van der Waals surface area contributed by atoms with E-state index in [1.807, 2.05) is 48.2 Å². The van der Waals surface area contributed by atoms with Gasteiger partial charge in [0.15, 0.2) is 0 Å². The van der Waals surface area contributed by atoms with Gasteiger partial charge in [-0.15, -0.1) is 0 Å². The third-order valence-electron chi connectivity index (χ3n) is 8.92. The lowest BCUT2D eigenvalue weighted by Crippen LogP contribution is -2.43. The van der Waals surface area contributed by atoms with E-state index in [4.69, 9.17) is 16.3 Å². The summed E-state index contributed by atoms with van der Waals surface area (Å²) in [6, 6.07) is 29.3. The van der Waals surface area contributed by atoms with Crippen molar-refractivity contribution in [2.45, 2.75) is 49.8 Å². The summed E-state index contributed by atoms with van der Waals surface area (Å²) in [6.07, 6.45) is -0.0145. The minimum absolute atomic E-state index is 0.0145. The lowest BCUT2D eigenvalue weighted by molar-refractivity contribution is -0.136. The predicted molar refractivity (Wildman–Crippen MR) is 201 cm³/mol. The van der Waals surface area contributed by atoms with E-state index < -0.39 is 5.97 Å². The molecule has 2 heterocycles. The number of carboxylic acid groups (broad SMARTS) is 1. The first-order valence-corrected chi connectivity index (χ1v) is 18.9. The summed E-state index contributed by atoms with van der Waals surface area (Å²) in [5.41, 5.74) is 6.50. The topological polar surface area (TPSA) is 59.5 Å². The van der Waals surface area contributed by atoms with Gasteiger partial charge in [-0.2, -0.15) is 0 Å².